The Morgan fingerprint density at radius 3 is 2.78 bits per heavy atom. The van der Waals surface area contributed by atoms with E-state index in [-0.39, 0.29) is 11.8 Å². The van der Waals surface area contributed by atoms with Crippen molar-refractivity contribution < 1.29 is 9.53 Å². The average molecular weight is 377 g/mol. The smallest absolute Gasteiger partial charge is 0.244 e. The third-order valence-corrected chi connectivity index (χ3v) is 5.16. The summed E-state index contributed by atoms with van der Waals surface area (Å²) in [6.45, 7) is 1.45. The van der Waals surface area contributed by atoms with Gasteiger partial charge in [0.05, 0.1) is 22.1 Å². The van der Waals surface area contributed by atoms with Crippen molar-refractivity contribution in [1.29, 1.82) is 5.26 Å². The molecule has 134 valence electrons. The zero-order valence-corrected chi connectivity index (χ0v) is 15.1. The SMILES string of the molecule is CC(=O)Nc1ccc(C2C(C#N)=C(N)Oc3n[nH]c(-c4cccs4)c32)cc1. The van der Waals surface area contributed by atoms with Crippen LogP contribution in [0.4, 0.5) is 5.69 Å². The maximum atomic E-state index is 11.2. The van der Waals surface area contributed by atoms with E-state index < -0.39 is 5.92 Å². The molecule has 0 spiro atoms. The molecule has 2 aromatic heterocycles. The van der Waals surface area contributed by atoms with E-state index in [4.69, 9.17) is 10.5 Å². The fourth-order valence-electron chi connectivity index (χ4n) is 3.15. The monoisotopic (exact) mass is 377 g/mol. The van der Waals surface area contributed by atoms with Crippen LogP contribution >= 0.6 is 11.3 Å². The van der Waals surface area contributed by atoms with Gasteiger partial charge in [0, 0.05) is 12.6 Å². The summed E-state index contributed by atoms with van der Waals surface area (Å²) in [5.74, 6) is -0.148. The van der Waals surface area contributed by atoms with Gasteiger partial charge in [0.2, 0.25) is 17.7 Å². The molecule has 8 heteroatoms. The van der Waals surface area contributed by atoms with Crippen molar-refractivity contribution in [3.05, 3.63) is 64.4 Å². The molecule has 7 nitrogen and oxygen atoms in total. The van der Waals surface area contributed by atoms with Crippen molar-refractivity contribution in [3.8, 4) is 22.5 Å². The molecule has 3 aromatic rings. The number of allylic oxidation sites excluding steroid dienone is 1. The number of ether oxygens (including phenoxy) is 1. The molecule has 1 aromatic carbocycles. The van der Waals surface area contributed by atoms with Gasteiger partial charge in [-0.05, 0) is 29.1 Å². The third kappa shape index (κ3) is 2.94. The number of nitriles is 1. The Kier molecular flexibility index (Phi) is 4.14. The van der Waals surface area contributed by atoms with Crippen LogP contribution in [0, 0.1) is 11.3 Å². The van der Waals surface area contributed by atoms with Crippen LogP contribution in [-0.2, 0) is 4.79 Å². The number of carbonyl (C=O) groups excluding carboxylic acids is 1. The Morgan fingerprint density at radius 2 is 2.15 bits per heavy atom. The number of carbonyl (C=O) groups is 1. The van der Waals surface area contributed by atoms with Gasteiger partial charge >= 0.3 is 0 Å². The lowest BCUT2D eigenvalue weighted by molar-refractivity contribution is -0.114. The standard InChI is InChI=1S/C19H15N5O2S/c1-10(25)22-12-6-4-11(5-7-12)15-13(9-20)18(21)26-19-16(15)17(23-24-19)14-3-2-8-27-14/h2-8,15H,21H2,1H3,(H,22,25)(H,23,24). The quantitative estimate of drug-likeness (QED) is 0.647. The average Bonchev–Trinajstić information content (AvgIpc) is 3.30. The van der Waals surface area contributed by atoms with E-state index in [2.05, 4.69) is 21.6 Å². The van der Waals surface area contributed by atoms with Gasteiger partial charge in [-0.1, -0.05) is 18.2 Å². The largest absolute Gasteiger partial charge is 0.420 e. The number of aromatic nitrogens is 2. The normalized spacial score (nSPS) is 15.6. The van der Waals surface area contributed by atoms with Gasteiger partial charge in [-0.2, -0.15) is 5.26 Å². The van der Waals surface area contributed by atoms with Crippen LogP contribution in [0.1, 0.15) is 24.0 Å². The number of hydrogen-bond acceptors (Lipinski definition) is 6. The van der Waals surface area contributed by atoms with Crippen LogP contribution in [0.25, 0.3) is 10.6 Å². The Hall–Kier alpha value is -3.57. The molecular formula is C19H15N5O2S. The van der Waals surface area contributed by atoms with Gasteiger partial charge in [-0.3, -0.25) is 9.89 Å². The molecule has 0 radical (unpaired) electrons. The first kappa shape index (κ1) is 16.9. The molecular weight excluding hydrogens is 362 g/mol. The molecule has 4 N–H and O–H groups in total. The molecule has 0 bridgehead atoms. The summed E-state index contributed by atoms with van der Waals surface area (Å²) in [5, 5.41) is 21.7. The highest BCUT2D eigenvalue weighted by Gasteiger charge is 2.35. The van der Waals surface area contributed by atoms with Crippen LogP contribution in [0.5, 0.6) is 5.88 Å². The van der Waals surface area contributed by atoms with Gasteiger partial charge in [0.1, 0.15) is 11.6 Å². The Labute approximate surface area is 159 Å². The number of fused-ring (bicyclic) bond motifs is 1. The van der Waals surface area contributed by atoms with Crippen molar-refractivity contribution in [1.82, 2.24) is 10.2 Å². The molecule has 1 unspecified atom stereocenters. The highest BCUT2D eigenvalue weighted by Crippen LogP contribution is 2.46. The zero-order chi connectivity index (χ0) is 19.0. The number of nitrogens with zero attached hydrogens (tertiary/aromatic N) is 2. The first-order valence-electron chi connectivity index (χ1n) is 8.15. The molecule has 1 atom stereocenters. The Bertz CT molecular complexity index is 1070. The molecule has 0 fully saturated rings. The molecule has 4 rings (SSSR count). The lowest BCUT2D eigenvalue weighted by Gasteiger charge is -2.24. The maximum Gasteiger partial charge on any atom is 0.244 e. The van der Waals surface area contributed by atoms with Crippen LogP contribution in [0.2, 0.25) is 0 Å². The first-order chi connectivity index (χ1) is 13.1. The second-order valence-corrected chi connectivity index (χ2v) is 6.97. The predicted octanol–water partition coefficient (Wildman–Crippen LogP) is 3.31. The fourth-order valence-corrected chi connectivity index (χ4v) is 3.88. The number of hydrogen-bond donors (Lipinski definition) is 3. The van der Waals surface area contributed by atoms with Crippen molar-refractivity contribution >= 4 is 22.9 Å². The highest BCUT2D eigenvalue weighted by molar-refractivity contribution is 7.13. The molecule has 0 saturated heterocycles. The van der Waals surface area contributed by atoms with Crippen LogP contribution in [-0.4, -0.2) is 16.1 Å². The lowest BCUT2D eigenvalue weighted by atomic mass is 9.84. The minimum Gasteiger partial charge on any atom is -0.420 e. The van der Waals surface area contributed by atoms with Crippen molar-refractivity contribution in [2.24, 2.45) is 5.73 Å². The van der Waals surface area contributed by atoms with Crippen LogP contribution in [0.3, 0.4) is 0 Å². The van der Waals surface area contributed by atoms with E-state index in [0.717, 1.165) is 21.7 Å². The van der Waals surface area contributed by atoms with Crippen molar-refractivity contribution in [2.75, 3.05) is 5.32 Å². The van der Waals surface area contributed by atoms with E-state index in [0.29, 0.717) is 17.1 Å². The number of aromatic amines is 1. The van der Waals surface area contributed by atoms with Gasteiger partial charge < -0.3 is 15.8 Å². The molecule has 0 saturated carbocycles. The van der Waals surface area contributed by atoms with E-state index in [1.54, 1.807) is 23.5 Å². The Balaban J connectivity index is 1.85. The van der Waals surface area contributed by atoms with Crippen LogP contribution in [0.15, 0.2) is 53.2 Å². The molecule has 1 aliphatic heterocycles. The summed E-state index contributed by atoms with van der Waals surface area (Å²) in [6.07, 6.45) is 0. The van der Waals surface area contributed by atoms with Crippen molar-refractivity contribution in [3.63, 3.8) is 0 Å². The molecule has 1 aliphatic rings. The second kappa shape index (κ2) is 6.63. The van der Waals surface area contributed by atoms with Crippen LogP contribution < -0.4 is 15.8 Å². The topological polar surface area (TPSA) is 117 Å². The number of H-pyrrole nitrogens is 1. The number of nitrogens with two attached hydrogens (primary N) is 1. The summed E-state index contributed by atoms with van der Waals surface area (Å²) in [5.41, 5.74) is 9.42. The number of thiophene rings is 1. The first-order valence-corrected chi connectivity index (χ1v) is 9.03. The number of nitrogens with one attached hydrogen (secondary N) is 2. The minimum atomic E-state index is -0.416. The molecule has 3 heterocycles. The summed E-state index contributed by atoms with van der Waals surface area (Å²) in [7, 11) is 0. The Morgan fingerprint density at radius 1 is 1.37 bits per heavy atom. The molecule has 27 heavy (non-hydrogen) atoms. The van der Waals surface area contributed by atoms with Gasteiger partial charge in [0.15, 0.2) is 0 Å². The fraction of sp³-hybridized carbons (Fsp3) is 0.105. The molecule has 0 aliphatic carbocycles. The number of anilines is 1. The van der Waals surface area contributed by atoms with E-state index >= 15 is 0 Å². The van der Waals surface area contributed by atoms with Gasteiger partial charge in [-0.15, -0.1) is 16.4 Å². The predicted molar refractivity (Wildman–Crippen MR) is 102 cm³/mol. The van der Waals surface area contributed by atoms with E-state index in [1.165, 1.54) is 6.92 Å². The highest BCUT2D eigenvalue weighted by atomic mass is 32.1. The van der Waals surface area contributed by atoms with E-state index in [9.17, 15) is 10.1 Å². The lowest BCUT2D eigenvalue weighted by Crippen LogP contribution is -2.21. The van der Waals surface area contributed by atoms with Gasteiger partial charge in [0.25, 0.3) is 0 Å². The van der Waals surface area contributed by atoms with Crippen molar-refractivity contribution in [2.45, 2.75) is 12.8 Å². The molecule has 1 amide bonds. The summed E-state index contributed by atoms with van der Waals surface area (Å²) in [6, 6.07) is 13.4. The third-order valence-electron chi connectivity index (χ3n) is 4.27. The summed E-state index contributed by atoms with van der Waals surface area (Å²) in [4.78, 5) is 12.2. The number of rotatable bonds is 3. The minimum absolute atomic E-state index is 0.0465. The summed E-state index contributed by atoms with van der Waals surface area (Å²) >= 11 is 1.57. The maximum absolute atomic E-state index is 11.2. The van der Waals surface area contributed by atoms with E-state index in [1.807, 2.05) is 29.6 Å². The second-order valence-electron chi connectivity index (χ2n) is 6.02. The number of amides is 1. The number of benzene rings is 1. The summed E-state index contributed by atoms with van der Waals surface area (Å²) < 4.78 is 5.58. The zero-order valence-electron chi connectivity index (χ0n) is 14.3. The van der Waals surface area contributed by atoms with Gasteiger partial charge in [-0.25, -0.2) is 0 Å².